The van der Waals surface area contributed by atoms with Crippen LogP contribution in [0.2, 0.25) is 0 Å². The second-order valence-corrected chi connectivity index (χ2v) is 3.86. The lowest BCUT2D eigenvalue weighted by Crippen LogP contribution is -2.28. The maximum atomic E-state index is 11.2. The van der Waals surface area contributed by atoms with E-state index in [2.05, 4.69) is 15.6 Å². The maximum absolute atomic E-state index is 11.2. The Balaban J connectivity index is 2.67. The molecule has 0 aromatic carbocycles. The summed E-state index contributed by atoms with van der Waals surface area (Å²) in [6.45, 7) is 1.43. The standard InChI is InChI=1S/C12H20N4O/c1-13-9-10-5-4-7-15-12(10)16(3)8-6-11(17)14-2/h4-5,7,13H,6,8-9H2,1-3H3,(H,14,17). The molecule has 1 rings (SSSR count). The van der Waals surface area contributed by atoms with Crippen molar-refractivity contribution >= 4 is 11.7 Å². The highest BCUT2D eigenvalue weighted by Crippen LogP contribution is 2.15. The predicted octanol–water partition coefficient (Wildman–Crippen LogP) is 0.373. The molecule has 0 aliphatic rings. The summed E-state index contributed by atoms with van der Waals surface area (Å²) in [5.41, 5.74) is 1.13. The van der Waals surface area contributed by atoms with Crippen LogP contribution in [-0.2, 0) is 11.3 Å². The molecule has 0 saturated carbocycles. The molecule has 1 heterocycles. The third-order valence-electron chi connectivity index (χ3n) is 2.55. The van der Waals surface area contributed by atoms with Crippen LogP contribution in [0.5, 0.6) is 0 Å². The van der Waals surface area contributed by atoms with Crippen molar-refractivity contribution in [2.75, 3.05) is 32.6 Å². The highest BCUT2D eigenvalue weighted by atomic mass is 16.1. The lowest BCUT2D eigenvalue weighted by Gasteiger charge is -2.20. The maximum Gasteiger partial charge on any atom is 0.221 e. The number of amides is 1. The van der Waals surface area contributed by atoms with Crippen molar-refractivity contribution in [3.05, 3.63) is 23.9 Å². The molecule has 0 aliphatic carbocycles. The van der Waals surface area contributed by atoms with Crippen molar-refractivity contribution < 1.29 is 4.79 Å². The summed E-state index contributed by atoms with van der Waals surface area (Å²) in [6, 6.07) is 3.96. The fourth-order valence-electron chi connectivity index (χ4n) is 1.60. The highest BCUT2D eigenvalue weighted by molar-refractivity contribution is 5.76. The van der Waals surface area contributed by atoms with Crippen LogP contribution in [0, 0.1) is 0 Å². The predicted molar refractivity (Wildman–Crippen MR) is 69.0 cm³/mol. The first-order chi connectivity index (χ1) is 8.19. The van der Waals surface area contributed by atoms with Gasteiger partial charge in [-0.1, -0.05) is 6.07 Å². The van der Waals surface area contributed by atoms with Crippen molar-refractivity contribution in [1.29, 1.82) is 0 Å². The molecular weight excluding hydrogens is 216 g/mol. The molecule has 1 aromatic heterocycles. The Labute approximate surface area is 102 Å². The highest BCUT2D eigenvalue weighted by Gasteiger charge is 2.09. The molecule has 0 aliphatic heterocycles. The first-order valence-electron chi connectivity index (χ1n) is 5.69. The number of carbonyl (C=O) groups is 1. The lowest BCUT2D eigenvalue weighted by atomic mass is 10.2. The molecule has 1 amide bonds. The van der Waals surface area contributed by atoms with Gasteiger partial charge in [0.15, 0.2) is 0 Å². The van der Waals surface area contributed by atoms with E-state index in [4.69, 9.17) is 0 Å². The molecule has 0 bridgehead atoms. The molecule has 0 unspecified atom stereocenters. The van der Waals surface area contributed by atoms with Gasteiger partial charge in [-0.25, -0.2) is 4.98 Å². The molecule has 2 N–H and O–H groups in total. The number of rotatable bonds is 6. The van der Waals surface area contributed by atoms with Gasteiger partial charge in [-0.3, -0.25) is 4.79 Å². The zero-order valence-corrected chi connectivity index (χ0v) is 10.7. The molecule has 17 heavy (non-hydrogen) atoms. The Morgan fingerprint density at radius 2 is 2.24 bits per heavy atom. The van der Waals surface area contributed by atoms with Crippen LogP contribution in [0.3, 0.4) is 0 Å². The van der Waals surface area contributed by atoms with Crippen LogP contribution < -0.4 is 15.5 Å². The van der Waals surface area contributed by atoms with Crippen LogP contribution in [0.25, 0.3) is 0 Å². The molecule has 0 fully saturated rings. The first kappa shape index (κ1) is 13.4. The Bertz CT molecular complexity index is 367. The van der Waals surface area contributed by atoms with Crippen LogP contribution >= 0.6 is 0 Å². The second kappa shape index (κ2) is 6.85. The number of anilines is 1. The van der Waals surface area contributed by atoms with Gasteiger partial charge in [0.05, 0.1) is 0 Å². The van der Waals surface area contributed by atoms with E-state index in [1.54, 1.807) is 13.2 Å². The average Bonchev–Trinajstić information content (AvgIpc) is 2.36. The SMILES string of the molecule is CNCc1cccnc1N(C)CCC(=O)NC. The number of carbonyl (C=O) groups excluding carboxylic acids is 1. The number of hydrogen-bond donors (Lipinski definition) is 2. The summed E-state index contributed by atoms with van der Waals surface area (Å²) in [7, 11) is 5.50. The third kappa shape index (κ3) is 4.03. The summed E-state index contributed by atoms with van der Waals surface area (Å²) in [4.78, 5) is 17.5. The Hall–Kier alpha value is -1.62. The molecule has 5 nitrogen and oxygen atoms in total. The van der Waals surface area contributed by atoms with Gasteiger partial charge in [-0.2, -0.15) is 0 Å². The molecule has 1 aromatic rings. The minimum atomic E-state index is 0.0444. The van der Waals surface area contributed by atoms with E-state index < -0.39 is 0 Å². The van der Waals surface area contributed by atoms with E-state index >= 15 is 0 Å². The fraction of sp³-hybridized carbons (Fsp3) is 0.500. The monoisotopic (exact) mass is 236 g/mol. The molecule has 5 heteroatoms. The second-order valence-electron chi connectivity index (χ2n) is 3.86. The topological polar surface area (TPSA) is 57.3 Å². The lowest BCUT2D eigenvalue weighted by molar-refractivity contribution is -0.120. The van der Waals surface area contributed by atoms with Crippen LogP contribution in [0.4, 0.5) is 5.82 Å². The van der Waals surface area contributed by atoms with Crippen molar-refractivity contribution in [2.24, 2.45) is 0 Å². The summed E-state index contributed by atoms with van der Waals surface area (Å²) in [6.07, 6.45) is 2.24. The van der Waals surface area contributed by atoms with Crippen molar-refractivity contribution in [3.63, 3.8) is 0 Å². The van der Waals surface area contributed by atoms with Gasteiger partial charge in [0.1, 0.15) is 5.82 Å². The molecule has 94 valence electrons. The van der Waals surface area contributed by atoms with Gasteiger partial charge in [-0.15, -0.1) is 0 Å². The van der Waals surface area contributed by atoms with Gasteiger partial charge in [0.25, 0.3) is 0 Å². The van der Waals surface area contributed by atoms with Crippen molar-refractivity contribution in [1.82, 2.24) is 15.6 Å². The summed E-state index contributed by atoms with van der Waals surface area (Å²) in [5, 5.41) is 5.72. The van der Waals surface area contributed by atoms with Crippen LogP contribution in [-0.4, -0.2) is 38.6 Å². The van der Waals surface area contributed by atoms with Gasteiger partial charge < -0.3 is 15.5 Å². The molecule has 0 spiro atoms. The number of pyridine rings is 1. The van der Waals surface area contributed by atoms with E-state index in [1.807, 2.05) is 31.1 Å². The van der Waals surface area contributed by atoms with Crippen molar-refractivity contribution in [2.45, 2.75) is 13.0 Å². The Morgan fingerprint density at radius 3 is 2.88 bits per heavy atom. The third-order valence-corrected chi connectivity index (χ3v) is 2.55. The van der Waals surface area contributed by atoms with Crippen LogP contribution in [0.15, 0.2) is 18.3 Å². The summed E-state index contributed by atoms with van der Waals surface area (Å²) < 4.78 is 0. The summed E-state index contributed by atoms with van der Waals surface area (Å²) in [5.74, 6) is 0.966. The number of nitrogens with zero attached hydrogens (tertiary/aromatic N) is 2. The van der Waals surface area contributed by atoms with E-state index in [0.717, 1.165) is 17.9 Å². The van der Waals surface area contributed by atoms with E-state index in [-0.39, 0.29) is 5.91 Å². The Kier molecular flexibility index (Phi) is 5.42. The van der Waals surface area contributed by atoms with Gasteiger partial charge in [-0.05, 0) is 13.1 Å². The first-order valence-corrected chi connectivity index (χ1v) is 5.69. The molecule has 0 radical (unpaired) electrons. The largest absolute Gasteiger partial charge is 0.359 e. The average molecular weight is 236 g/mol. The molecular formula is C12H20N4O. The molecule has 0 atom stereocenters. The fourth-order valence-corrected chi connectivity index (χ4v) is 1.60. The number of hydrogen-bond acceptors (Lipinski definition) is 4. The zero-order chi connectivity index (χ0) is 12.7. The van der Waals surface area contributed by atoms with E-state index in [9.17, 15) is 4.79 Å². The quantitative estimate of drug-likeness (QED) is 0.749. The minimum Gasteiger partial charge on any atom is -0.359 e. The zero-order valence-electron chi connectivity index (χ0n) is 10.7. The minimum absolute atomic E-state index is 0.0444. The van der Waals surface area contributed by atoms with E-state index in [0.29, 0.717) is 13.0 Å². The molecule has 0 saturated heterocycles. The normalized spacial score (nSPS) is 10.1. The van der Waals surface area contributed by atoms with Crippen LogP contribution in [0.1, 0.15) is 12.0 Å². The van der Waals surface area contributed by atoms with E-state index in [1.165, 1.54) is 0 Å². The van der Waals surface area contributed by atoms with Gasteiger partial charge >= 0.3 is 0 Å². The smallest absolute Gasteiger partial charge is 0.221 e. The van der Waals surface area contributed by atoms with Gasteiger partial charge in [0.2, 0.25) is 5.91 Å². The number of nitrogens with one attached hydrogen (secondary N) is 2. The van der Waals surface area contributed by atoms with Crippen molar-refractivity contribution in [3.8, 4) is 0 Å². The number of aromatic nitrogens is 1. The summed E-state index contributed by atoms with van der Waals surface area (Å²) >= 11 is 0. The Morgan fingerprint density at radius 1 is 1.47 bits per heavy atom. The van der Waals surface area contributed by atoms with Gasteiger partial charge in [0, 0.05) is 45.4 Å².